The Hall–Kier alpha value is -3.06. The van der Waals surface area contributed by atoms with Gasteiger partial charge in [-0.2, -0.15) is 5.10 Å². The Balaban J connectivity index is 1.65. The molecule has 2 aromatic carbocycles. The van der Waals surface area contributed by atoms with Gasteiger partial charge >= 0.3 is 0 Å². The first kappa shape index (κ1) is 19.3. The molecule has 7 nitrogen and oxygen atoms in total. The molecule has 1 fully saturated rings. The van der Waals surface area contributed by atoms with Crippen LogP contribution in [0.5, 0.6) is 11.5 Å². The second-order valence-corrected chi connectivity index (χ2v) is 7.53. The highest BCUT2D eigenvalue weighted by Crippen LogP contribution is 2.34. The van der Waals surface area contributed by atoms with Crippen molar-refractivity contribution < 1.29 is 14.9 Å². The first-order valence-electron chi connectivity index (χ1n) is 9.90. The van der Waals surface area contributed by atoms with E-state index in [0.717, 1.165) is 43.2 Å². The lowest BCUT2D eigenvalue weighted by Crippen LogP contribution is -2.37. The number of ether oxygens (including phenoxy) is 1. The average Bonchev–Trinajstić information content (AvgIpc) is 2.74. The molecule has 152 valence electrons. The molecule has 0 spiro atoms. The van der Waals surface area contributed by atoms with Gasteiger partial charge < -0.3 is 24.7 Å². The number of anilines is 2. The minimum atomic E-state index is -0.0160. The summed E-state index contributed by atoms with van der Waals surface area (Å²) in [4.78, 5) is 4.31. The molecule has 0 radical (unpaired) electrons. The van der Waals surface area contributed by atoms with Crippen LogP contribution in [0.25, 0.3) is 0 Å². The Labute approximate surface area is 170 Å². The van der Waals surface area contributed by atoms with Gasteiger partial charge in [0, 0.05) is 36.7 Å². The summed E-state index contributed by atoms with van der Waals surface area (Å²) in [5.74, 6) is 0.745. The molecule has 29 heavy (non-hydrogen) atoms. The molecule has 1 saturated heterocycles. The van der Waals surface area contributed by atoms with Crippen LogP contribution in [0, 0.1) is 0 Å². The molecular formula is C22H26N4O3. The van der Waals surface area contributed by atoms with Gasteiger partial charge in [0.25, 0.3) is 0 Å². The number of hydrogen-bond acceptors (Lipinski definition) is 7. The van der Waals surface area contributed by atoms with E-state index in [2.05, 4.69) is 39.4 Å². The maximum absolute atomic E-state index is 10.5. The van der Waals surface area contributed by atoms with E-state index in [1.54, 1.807) is 12.3 Å². The van der Waals surface area contributed by atoms with E-state index >= 15 is 0 Å². The monoisotopic (exact) mass is 394 g/mol. The van der Waals surface area contributed by atoms with Crippen molar-refractivity contribution in [2.45, 2.75) is 19.8 Å². The molecule has 7 heteroatoms. The van der Waals surface area contributed by atoms with Crippen molar-refractivity contribution in [3.63, 3.8) is 0 Å². The van der Waals surface area contributed by atoms with Gasteiger partial charge in [0.15, 0.2) is 5.84 Å². The molecule has 0 bridgehead atoms. The molecular weight excluding hydrogens is 368 g/mol. The second-order valence-electron chi connectivity index (χ2n) is 7.53. The standard InChI is InChI=1S/C22H26N4O3/c1-15(2)18-13-19(21(28)14-20(18)27)22-24-23-7-8-26(22)17-5-3-16(4-6-17)25-9-11-29-12-10-25/h3-7,13-15,27-28H,8-12H2,1-2H3. The van der Waals surface area contributed by atoms with Crippen molar-refractivity contribution in [3.05, 3.63) is 47.5 Å². The number of rotatable bonds is 4. The van der Waals surface area contributed by atoms with Crippen molar-refractivity contribution in [1.82, 2.24) is 0 Å². The first-order chi connectivity index (χ1) is 14.0. The molecule has 0 unspecified atom stereocenters. The van der Waals surface area contributed by atoms with Gasteiger partial charge in [-0.1, -0.05) is 13.8 Å². The molecule has 4 rings (SSSR count). The maximum atomic E-state index is 10.5. The Bertz CT molecular complexity index is 932. The van der Waals surface area contributed by atoms with Crippen LogP contribution < -0.4 is 9.80 Å². The molecule has 0 saturated carbocycles. The number of hydrogen-bond donors (Lipinski definition) is 2. The van der Waals surface area contributed by atoms with Crippen molar-refractivity contribution in [1.29, 1.82) is 0 Å². The van der Waals surface area contributed by atoms with Gasteiger partial charge in [0.05, 0.1) is 25.3 Å². The van der Waals surface area contributed by atoms with Gasteiger partial charge in [-0.3, -0.25) is 0 Å². The lowest BCUT2D eigenvalue weighted by Gasteiger charge is -2.30. The molecule has 2 aliphatic heterocycles. The SMILES string of the molecule is CC(C)c1cc(C2=NN=CCN2c2ccc(N3CCOCC3)cc2)c(O)cc1O. The van der Waals surface area contributed by atoms with E-state index < -0.39 is 0 Å². The van der Waals surface area contributed by atoms with Crippen LogP contribution in [-0.2, 0) is 4.74 Å². The van der Waals surface area contributed by atoms with Crippen LogP contribution in [0.15, 0.2) is 46.6 Å². The smallest absolute Gasteiger partial charge is 0.167 e. The largest absolute Gasteiger partial charge is 0.508 e. The topological polar surface area (TPSA) is 80.9 Å². The van der Waals surface area contributed by atoms with Crippen LogP contribution in [0.2, 0.25) is 0 Å². The first-order valence-corrected chi connectivity index (χ1v) is 9.90. The Morgan fingerprint density at radius 1 is 0.966 bits per heavy atom. The zero-order valence-electron chi connectivity index (χ0n) is 16.7. The summed E-state index contributed by atoms with van der Waals surface area (Å²) in [6.07, 6.45) is 1.74. The van der Waals surface area contributed by atoms with E-state index in [9.17, 15) is 10.2 Å². The summed E-state index contributed by atoms with van der Waals surface area (Å²) in [5.41, 5.74) is 3.44. The highest BCUT2D eigenvalue weighted by molar-refractivity contribution is 6.14. The van der Waals surface area contributed by atoms with Crippen LogP contribution in [-0.4, -0.2) is 55.1 Å². The predicted octanol–water partition coefficient (Wildman–Crippen LogP) is 3.31. The highest BCUT2D eigenvalue weighted by atomic mass is 16.5. The summed E-state index contributed by atoms with van der Waals surface area (Å²) in [6.45, 7) is 7.83. The van der Waals surface area contributed by atoms with Gasteiger partial charge in [-0.25, -0.2) is 0 Å². The third kappa shape index (κ3) is 3.91. The van der Waals surface area contributed by atoms with E-state index in [-0.39, 0.29) is 17.4 Å². The number of phenolic OH excluding ortho intramolecular Hbond substituents is 2. The van der Waals surface area contributed by atoms with Gasteiger partial charge in [-0.05, 0) is 41.8 Å². The zero-order chi connectivity index (χ0) is 20.4. The lowest BCUT2D eigenvalue weighted by atomic mass is 9.98. The Kier molecular flexibility index (Phi) is 5.40. The summed E-state index contributed by atoms with van der Waals surface area (Å²) in [5, 5.41) is 29.0. The lowest BCUT2D eigenvalue weighted by molar-refractivity contribution is 0.122. The number of benzene rings is 2. The quantitative estimate of drug-likeness (QED) is 0.832. The predicted molar refractivity (Wildman–Crippen MR) is 116 cm³/mol. The van der Waals surface area contributed by atoms with E-state index in [0.29, 0.717) is 17.9 Å². The molecule has 2 aliphatic rings. The number of morpholine rings is 1. The summed E-state index contributed by atoms with van der Waals surface area (Å²) < 4.78 is 5.43. The normalized spacial score (nSPS) is 17.0. The fourth-order valence-corrected chi connectivity index (χ4v) is 3.68. The van der Waals surface area contributed by atoms with Crippen molar-refractivity contribution in [2.24, 2.45) is 10.2 Å². The number of nitrogens with zero attached hydrogens (tertiary/aromatic N) is 4. The Morgan fingerprint density at radius 3 is 2.34 bits per heavy atom. The van der Waals surface area contributed by atoms with Crippen LogP contribution >= 0.6 is 0 Å². The highest BCUT2D eigenvalue weighted by Gasteiger charge is 2.23. The molecule has 0 aromatic heterocycles. The van der Waals surface area contributed by atoms with Gasteiger partial charge in [0.1, 0.15) is 11.5 Å². The van der Waals surface area contributed by atoms with Crippen LogP contribution in [0.3, 0.4) is 0 Å². The molecule has 0 atom stereocenters. The average molecular weight is 394 g/mol. The number of phenols is 2. The summed E-state index contributed by atoms with van der Waals surface area (Å²) in [7, 11) is 0. The van der Waals surface area contributed by atoms with E-state index in [1.165, 1.54) is 6.07 Å². The molecule has 0 amide bonds. The number of amidine groups is 1. The maximum Gasteiger partial charge on any atom is 0.167 e. The number of aromatic hydroxyl groups is 2. The Morgan fingerprint density at radius 2 is 1.66 bits per heavy atom. The minimum absolute atomic E-state index is 0.0160. The minimum Gasteiger partial charge on any atom is -0.508 e. The van der Waals surface area contributed by atoms with Crippen molar-refractivity contribution >= 4 is 23.4 Å². The summed E-state index contributed by atoms with van der Waals surface area (Å²) >= 11 is 0. The second kappa shape index (κ2) is 8.13. The van der Waals surface area contributed by atoms with Crippen LogP contribution in [0.1, 0.15) is 30.9 Å². The van der Waals surface area contributed by atoms with Gasteiger partial charge in [0.2, 0.25) is 0 Å². The third-order valence-electron chi connectivity index (χ3n) is 5.30. The fraction of sp³-hybridized carbons (Fsp3) is 0.364. The van der Waals surface area contributed by atoms with Gasteiger partial charge in [-0.15, -0.1) is 5.10 Å². The van der Waals surface area contributed by atoms with Crippen molar-refractivity contribution in [2.75, 3.05) is 42.6 Å². The third-order valence-corrected chi connectivity index (χ3v) is 5.30. The molecule has 0 aliphatic carbocycles. The molecule has 2 N–H and O–H groups in total. The molecule has 2 heterocycles. The molecule has 2 aromatic rings. The van der Waals surface area contributed by atoms with Crippen molar-refractivity contribution in [3.8, 4) is 11.5 Å². The van der Waals surface area contributed by atoms with E-state index in [1.807, 2.05) is 18.7 Å². The van der Waals surface area contributed by atoms with E-state index in [4.69, 9.17) is 4.74 Å². The van der Waals surface area contributed by atoms with Crippen LogP contribution in [0.4, 0.5) is 11.4 Å². The fourth-order valence-electron chi connectivity index (χ4n) is 3.68. The summed E-state index contributed by atoms with van der Waals surface area (Å²) in [6, 6.07) is 11.5. The zero-order valence-corrected chi connectivity index (χ0v) is 16.7.